The Balaban J connectivity index is 2.45. The first-order chi connectivity index (χ1) is 9.70. The van der Waals surface area contributed by atoms with Gasteiger partial charge in [0, 0.05) is 5.69 Å². The van der Waals surface area contributed by atoms with Crippen LogP contribution in [-0.2, 0) is 10.0 Å². The predicted octanol–water partition coefficient (Wildman–Crippen LogP) is 3.31. The van der Waals surface area contributed by atoms with E-state index in [2.05, 4.69) is 4.72 Å². The summed E-state index contributed by atoms with van der Waals surface area (Å²) in [6.45, 7) is 1.40. The molecule has 0 heterocycles. The maximum atomic E-state index is 14.0. The van der Waals surface area contributed by atoms with Crippen molar-refractivity contribution in [1.82, 2.24) is 0 Å². The van der Waals surface area contributed by atoms with Crippen LogP contribution in [0, 0.1) is 18.6 Å². The fourth-order valence-corrected chi connectivity index (χ4v) is 3.15. The molecule has 0 aliphatic rings. The average Bonchev–Trinajstić information content (AvgIpc) is 2.37. The molecular formula is C13H11ClF2N2O2S. The summed E-state index contributed by atoms with van der Waals surface area (Å²) in [5.74, 6) is -1.59. The number of nitrogens with one attached hydrogen (secondary N) is 1. The van der Waals surface area contributed by atoms with Crippen LogP contribution in [0.15, 0.2) is 35.2 Å². The molecule has 0 spiro atoms. The molecule has 8 heteroatoms. The molecule has 0 aliphatic heterocycles. The number of hydrogen-bond acceptors (Lipinski definition) is 3. The van der Waals surface area contributed by atoms with Gasteiger partial charge in [-0.1, -0.05) is 11.6 Å². The van der Waals surface area contributed by atoms with Crippen LogP contribution in [0.25, 0.3) is 0 Å². The zero-order valence-corrected chi connectivity index (χ0v) is 12.4. The second-order valence-electron chi connectivity index (χ2n) is 4.38. The van der Waals surface area contributed by atoms with Crippen molar-refractivity contribution in [3.63, 3.8) is 0 Å². The third kappa shape index (κ3) is 3.25. The van der Waals surface area contributed by atoms with Gasteiger partial charge < -0.3 is 5.73 Å². The monoisotopic (exact) mass is 332 g/mol. The van der Waals surface area contributed by atoms with Crippen molar-refractivity contribution < 1.29 is 17.2 Å². The molecule has 0 unspecified atom stereocenters. The van der Waals surface area contributed by atoms with Gasteiger partial charge in [0.1, 0.15) is 16.5 Å². The lowest BCUT2D eigenvalue weighted by atomic mass is 10.2. The molecule has 0 aliphatic carbocycles. The molecule has 21 heavy (non-hydrogen) atoms. The molecular weight excluding hydrogens is 322 g/mol. The minimum absolute atomic E-state index is 0.0147. The largest absolute Gasteiger partial charge is 0.399 e. The number of anilines is 2. The highest BCUT2D eigenvalue weighted by Gasteiger charge is 2.21. The maximum Gasteiger partial charge on any atom is 0.264 e. The number of nitrogen functional groups attached to an aromatic ring is 1. The summed E-state index contributed by atoms with van der Waals surface area (Å²) in [6.07, 6.45) is 0. The highest BCUT2D eigenvalue weighted by Crippen LogP contribution is 2.25. The van der Waals surface area contributed by atoms with E-state index in [1.54, 1.807) is 0 Å². The molecule has 0 fully saturated rings. The lowest BCUT2D eigenvalue weighted by Gasteiger charge is -2.11. The van der Waals surface area contributed by atoms with Crippen molar-refractivity contribution in [2.75, 3.05) is 10.5 Å². The number of hydrogen-bond donors (Lipinski definition) is 2. The van der Waals surface area contributed by atoms with Crippen LogP contribution < -0.4 is 10.5 Å². The minimum Gasteiger partial charge on any atom is -0.399 e. The highest BCUT2D eigenvalue weighted by molar-refractivity contribution is 7.92. The summed E-state index contributed by atoms with van der Waals surface area (Å²) in [6, 6.07) is 5.60. The second kappa shape index (κ2) is 5.50. The quantitative estimate of drug-likeness (QED) is 0.847. The van der Waals surface area contributed by atoms with Gasteiger partial charge in [-0.3, -0.25) is 4.72 Å². The van der Waals surface area contributed by atoms with Crippen molar-refractivity contribution in [2.45, 2.75) is 11.8 Å². The molecule has 2 rings (SSSR count). The van der Waals surface area contributed by atoms with E-state index in [4.69, 9.17) is 17.3 Å². The smallest absolute Gasteiger partial charge is 0.264 e. The summed E-state index contributed by atoms with van der Waals surface area (Å²) in [4.78, 5) is -0.583. The Hall–Kier alpha value is -1.86. The SMILES string of the molecule is Cc1cc(N)cc(S(=O)(=O)Nc2ccc(F)c(Cl)c2)c1F. The molecule has 4 nitrogen and oxygen atoms in total. The Kier molecular flexibility index (Phi) is 4.06. The van der Waals surface area contributed by atoms with Crippen molar-refractivity contribution in [3.8, 4) is 0 Å². The van der Waals surface area contributed by atoms with Crippen molar-refractivity contribution in [2.24, 2.45) is 0 Å². The fraction of sp³-hybridized carbons (Fsp3) is 0.0769. The molecule has 0 atom stereocenters. The summed E-state index contributed by atoms with van der Waals surface area (Å²) < 4.78 is 53.5. The first-order valence-electron chi connectivity index (χ1n) is 5.74. The van der Waals surface area contributed by atoms with E-state index in [-0.39, 0.29) is 22.0 Å². The van der Waals surface area contributed by atoms with Gasteiger partial charge in [0.15, 0.2) is 0 Å². The number of halogens is 3. The molecule has 0 saturated carbocycles. The van der Waals surface area contributed by atoms with E-state index in [1.807, 2.05) is 0 Å². The molecule has 0 amide bonds. The highest BCUT2D eigenvalue weighted by atomic mass is 35.5. The van der Waals surface area contributed by atoms with Gasteiger partial charge in [0.25, 0.3) is 10.0 Å². The van der Waals surface area contributed by atoms with Crippen LogP contribution in [0.2, 0.25) is 5.02 Å². The van der Waals surface area contributed by atoms with Crippen LogP contribution in [0.3, 0.4) is 0 Å². The van der Waals surface area contributed by atoms with Crippen LogP contribution in [0.1, 0.15) is 5.56 Å². The molecule has 3 N–H and O–H groups in total. The second-order valence-corrected chi connectivity index (χ2v) is 6.44. The first-order valence-corrected chi connectivity index (χ1v) is 7.60. The molecule has 0 aromatic heterocycles. The zero-order chi connectivity index (χ0) is 15.8. The number of sulfonamides is 1. The number of rotatable bonds is 3. The van der Waals surface area contributed by atoms with Crippen LogP contribution in [0.4, 0.5) is 20.2 Å². The van der Waals surface area contributed by atoms with Gasteiger partial charge in [-0.15, -0.1) is 0 Å². The van der Waals surface area contributed by atoms with Crippen LogP contribution in [0.5, 0.6) is 0 Å². The van der Waals surface area contributed by atoms with Crippen molar-refractivity contribution >= 4 is 33.0 Å². The normalized spacial score (nSPS) is 11.4. The number of aryl methyl sites for hydroxylation is 1. The zero-order valence-electron chi connectivity index (χ0n) is 10.8. The molecule has 0 bridgehead atoms. The summed E-state index contributed by atoms with van der Waals surface area (Å²) in [5, 5.41) is -0.251. The molecule has 0 radical (unpaired) electrons. The van der Waals surface area contributed by atoms with Gasteiger partial charge >= 0.3 is 0 Å². The van der Waals surface area contributed by atoms with Crippen LogP contribution >= 0.6 is 11.6 Å². The fourth-order valence-electron chi connectivity index (χ4n) is 1.73. The average molecular weight is 333 g/mol. The van der Waals surface area contributed by atoms with E-state index in [9.17, 15) is 17.2 Å². The third-order valence-corrected chi connectivity index (χ3v) is 4.37. The lowest BCUT2D eigenvalue weighted by Crippen LogP contribution is -2.15. The summed E-state index contributed by atoms with van der Waals surface area (Å²) in [7, 11) is -4.20. The Labute approximate surface area is 125 Å². The van der Waals surface area contributed by atoms with Gasteiger partial charge in [0.05, 0.1) is 10.7 Å². The molecule has 2 aromatic rings. The Morgan fingerprint density at radius 2 is 1.86 bits per heavy atom. The minimum atomic E-state index is -4.20. The predicted molar refractivity (Wildman–Crippen MR) is 77.8 cm³/mol. The summed E-state index contributed by atoms with van der Waals surface area (Å²) >= 11 is 5.57. The third-order valence-electron chi connectivity index (χ3n) is 2.70. The first kappa shape index (κ1) is 15.5. The van der Waals surface area contributed by atoms with Crippen molar-refractivity contribution in [3.05, 3.63) is 52.6 Å². The molecule has 2 aromatic carbocycles. The topological polar surface area (TPSA) is 72.2 Å². The number of nitrogens with two attached hydrogens (primary N) is 1. The van der Waals surface area contributed by atoms with Gasteiger partial charge in [-0.2, -0.15) is 0 Å². The lowest BCUT2D eigenvalue weighted by molar-refractivity contribution is 0.565. The van der Waals surface area contributed by atoms with E-state index < -0.39 is 26.6 Å². The number of benzene rings is 2. The molecule has 0 saturated heterocycles. The maximum absolute atomic E-state index is 14.0. The van der Waals surface area contributed by atoms with Gasteiger partial charge in [-0.05, 0) is 42.8 Å². The van der Waals surface area contributed by atoms with E-state index >= 15 is 0 Å². The van der Waals surface area contributed by atoms with Crippen LogP contribution in [-0.4, -0.2) is 8.42 Å². The van der Waals surface area contributed by atoms with E-state index in [0.717, 1.165) is 18.2 Å². The van der Waals surface area contributed by atoms with E-state index in [0.29, 0.717) is 0 Å². The Morgan fingerprint density at radius 1 is 1.19 bits per heavy atom. The van der Waals surface area contributed by atoms with E-state index in [1.165, 1.54) is 19.1 Å². The van der Waals surface area contributed by atoms with Gasteiger partial charge in [-0.25, -0.2) is 17.2 Å². The standard InChI is InChI=1S/C13H11ClF2N2O2S/c1-7-4-8(17)5-12(13(7)16)21(19,20)18-9-2-3-11(15)10(14)6-9/h2-6,18H,17H2,1H3. The van der Waals surface area contributed by atoms with Gasteiger partial charge in [0.2, 0.25) is 0 Å². The Morgan fingerprint density at radius 3 is 2.48 bits per heavy atom. The van der Waals surface area contributed by atoms with Crippen molar-refractivity contribution in [1.29, 1.82) is 0 Å². The molecule has 112 valence electrons. The Bertz CT molecular complexity index is 810. The summed E-state index contributed by atoms with van der Waals surface area (Å²) in [5.41, 5.74) is 5.77.